The molecule has 0 spiro atoms. The minimum atomic E-state index is -0.659. The van der Waals surface area contributed by atoms with E-state index in [1.165, 1.54) is 405 Å². The molecule has 0 saturated heterocycles. The number of ether oxygens (including phenoxy) is 1. The zero-order chi connectivity index (χ0) is 62.0. The van der Waals surface area contributed by atoms with Gasteiger partial charge in [0.2, 0.25) is 5.91 Å². The molecule has 0 saturated carbocycles. The van der Waals surface area contributed by atoms with E-state index < -0.39 is 12.1 Å². The molecular formula is C80H159NO5. The summed E-state index contributed by atoms with van der Waals surface area (Å²) >= 11 is 0. The summed E-state index contributed by atoms with van der Waals surface area (Å²) in [4.78, 5) is 24.6. The third kappa shape index (κ3) is 71.9. The molecule has 86 heavy (non-hydrogen) atoms. The highest BCUT2D eigenvalue weighted by Gasteiger charge is 2.20. The molecule has 0 heterocycles. The van der Waals surface area contributed by atoms with Crippen molar-refractivity contribution in [1.82, 2.24) is 5.32 Å². The Balaban J connectivity index is 3.28. The molecule has 0 aromatic rings. The van der Waals surface area contributed by atoms with Crippen LogP contribution in [-0.4, -0.2) is 47.4 Å². The Kier molecular flexibility index (Phi) is 75.3. The summed E-state index contributed by atoms with van der Waals surface area (Å²) < 4.78 is 5.50. The Bertz CT molecular complexity index is 1260. The van der Waals surface area contributed by atoms with Crippen LogP contribution in [0.25, 0.3) is 0 Å². The summed E-state index contributed by atoms with van der Waals surface area (Å²) in [6, 6.07) is -0.536. The number of hydrogen-bond acceptors (Lipinski definition) is 5. The molecule has 0 bridgehead atoms. The molecule has 6 nitrogen and oxygen atoms in total. The molecule has 0 aromatic heterocycles. The van der Waals surface area contributed by atoms with Crippen LogP contribution < -0.4 is 5.32 Å². The van der Waals surface area contributed by atoms with E-state index >= 15 is 0 Å². The number of carbonyl (C=O) groups is 2. The first kappa shape index (κ1) is 84.9. The Morgan fingerprint density at radius 2 is 0.477 bits per heavy atom. The second kappa shape index (κ2) is 76.3. The molecule has 0 aliphatic heterocycles. The van der Waals surface area contributed by atoms with E-state index in [1.807, 2.05) is 0 Å². The standard InChI is InChI=1S/C80H159NO5/c1-3-5-7-9-11-13-15-17-18-42-45-49-52-56-60-64-68-72-78(83)77(76-82)81-79(84)73-69-65-61-57-53-50-46-43-40-38-36-34-32-30-28-26-24-22-20-19-21-23-25-27-29-31-33-35-37-39-41-44-47-51-55-59-63-67-71-75-86-80(85)74-70-66-62-58-54-48-16-14-12-10-8-6-4-2/h77-78,82-83H,3-76H2,1-2H3,(H,81,84). The number of aliphatic hydroxyl groups excluding tert-OH is 2. The molecule has 0 rings (SSSR count). The van der Waals surface area contributed by atoms with Crippen molar-refractivity contribution in [1.29, 1.82) is 0 Å². The van der Waals surface area contributed by atoms with Gasteiger partial charge in [0.25, 0.3) is 0 Å². The van der Waals surface area contributed by atoms with Gasteiger partial charge in [0.15, 0.2) is 0 Å². The Morgan fingerprint density at radius 1 is 0.279 bits per heavy atom. The molecular weight excluding hydrogens is 1050 g/mol. The third-order valence-corrected chi connectivity index (χ3v) is 19.4. The Labute approximate surface area is 540 Å². The number of carbonyl (C=O) groups excluding carboxylic acids is 2. The molecule has 0 radical (unpaired) electrons. The maximum Gasteiger partial charge on any atom is 0.305 e. The predicted octanol–water partition coefficient (Wildman–Crippen LogP) is 26.5. The zero-order valence-corrected chi connectivity index (χ0v) is 59.1. The van der Waals surface area contributed by atoms with Crippen LogP contribution in [0.2, 0.25) is 0 Å². The van der Waals surface area contributed by atoms with Crippen LogP contribution in [0.4, 0.5) is 0 Å². The lowest BCUT2D eigenvalue weighted by molar-refractivity contribution is -0.143. The normalized spacial score (nSPS) is 12.4. The number of unbranched alkanes of at least 4 members (excludes halogenated alkanes) is 66. The van der Waals surface area contributed by atoms with Gasteiger partial charge in [-0.3, -0.25) is 9.59 Å². The number of aliphatic hydroxyl groups is 2. The van der Waals surface area contributed by atoms with Crippen molar-refractivity contribution in [2.75, 3.05) is 13.2 Å². The van der Waals surface area contributed by atoms with Crippen molar-refractivity contribution in [2.45, 2.75) is 488 Å². The highest BCUT2D eigenvalue weighted by Crippen LogP contribution is 2.21. The number of esters is 1. The van der Waals surface area contributed by atoms with E-state index in [0.717, 1.165) is 38.5 Å². The van der Waals surface area contributed by atoms with Gasteiger partial charge >= 0.3 is 5.97 Å². The van der Waals surface area contributed by atoms with Crippen molar-refractivity contribution < 1.29 is 24.5 Å². The molecule has 514 valence electrons. The number of amides is 1. The van der Waals surface area contributed by atoms with Crippen molar-refractivity contribution in [2.24, 2.45) is 0 Å². The monoisotopic (exact) mass is 1210 g/mol. The summed E-state index contributed by atoms with van der Waals surface area (Å²) in [5, 5.41) is 23.4. The molecule has 3 N–H and O–H groups in total. The zero-order valence-electron chi connectivity index (χ0n) is 59.1. The van der Waals surface area contributed by atoms with Crippen LogP contribution in [0.15, 0.2) is 0 Å². The lowest BCUT2D eigenvalue weighted by Crippen LogP contribution is -2.45. The topological polar surface area (TPSA) is 95.9 Å². The van der Waals surface area contributed by atoms with Crippen LogP contribution in [0, 0.1) is 0 Å². The van der Waals surface area contributed by atoms with Crippen LogP contribution in [-0.2, 0) is 14.3 Å². The molecule has 0 fully saturated rings. The van der Waals surface area contributed by atoms with Gasteiger partial charge in [-0.15, -0.1) is 0 Å². The van der Waals surface area contributed by atoms with Crippen molar-refractivity contribution >= 4 is 11.9 Å². The lowest BCUT2D eigenvalue weighted by atomic mass is 10.0. The molecule has 0 aliphatic carbocycles. The van der Waals surface area contributed by atoms with E-state index in [0.29, 0.717) is 25.9 Å². The Hall–Kier alpha value is -1.14. The quantitative estimate of drug-likeness (QED) is 0.0417. The first-order valence-electron chi connectivity index (χ1n) is 40.3. The van der Waals surface area contributed by atoms with Crippen molar-refractivity contribution in [3.05, 3.63) is 0 Å². The molecule has 6 heteroatoms. The average molecular weight is 1220 g/mol. The smallest absolute Gasteiger partial charge is 0.305 e. The maximum atomic E-state index is 12.5. The van der Waals surface area contributed by atoms with Gasteiger partial charge in [0.1, 0.15) is 0 Å². The third-order valence-electron chi connectivity index (χ3n) is 19.4. The maximum absolute atomic E-state index is 12.5. The minimum absolute atomic E-state index is 0.0238. The SMILES string of the molecule is CCCCCCCCCCCCCCCCCCCC(O)C(CO)NC(=O)CCCCCCCCCCCCCCCCCCCCCCCCCCCCCCCCCCCCCCCCCOC(=O)CCCCCCCCCCCCCCC. The first-order valence-corrected chi connectivity index (χ1v) is 40.3. The van der Waals surface area contributed by atoms with Gasteiger partial charge in [-0.1, -0.05) is 438 Å². The average Bonchev–Trinajstić information content (AvgIpc) is 3.56. The van der Waals surface area contributed by atoms with Crippen molar-refractivity contribution in [3.63, 3.8) is 0 Å². The van der Waals surface area contributed by atoms with Gasteiger partial charge in [-0.05, 0) is 25.7 Å². The van der Waals surface area contributed by atoms with Crippen LogP contribution in [0.5, 0.6) is 0 Å². The highest BCUT2D eigenvalue weighted by atomic mass is 16.5. The van der Waals surface area contributed by atoms with Gasteiger partial charge in [0.05, 0.1) is 25.4 Å². The van der Waals surface area contributed by atoms with Gasteiger partial charge < -0.3 is 20.3 Å². The highest BCUT2D eigenvalue weighted by molar-refractivity contribution is 5.76. The van der Waals surface area contributed by atoms with E-state index in [1.54, 1.807) is 0 Å². The fourth-order valence-electron chi connectivity index (χ4n) is 13.3. The fourth-order valence-corrected chi connectivity index (χ4v) is 13.3. The Morgan fingerprint density at radius 3 is 0.709 bits per heavy atom. The van der Waals surface area contributed by atoms with Crippen LogP contribution >= 0.6 is 0 Å². The molecule has 2 unspecified atom stereocenters. The fraction of sp³-hybridized carbons (Fsp3) is 0.975. The number of rotatable bonds is 77. The van der Waals surface area contributed by atoms with Gasteiger partial charge in [0, 0.05) is 12.8 Å². The summed E-state index contributed by atoms with van der Waals surface area (Å²) in [5.41, 5.74) is 0. The van der Waals surface area contributed by atoms with Crippen LogP contribution in [0.1, 0.15) is 476 Å². The lowest BCUT2D eigenvalue weighted by Gasteiger charge is -2.22. The molecule has 2 atom stereocenters. The largest absolute Gasteiger partial charge is 0.466 e. The van der Waals surface area contributed by atoms with Crippen molar-refractivity contribution in [3.8, 4) is 0 Å². The second-order valence-electron chi connectivity index (χ2n) is 28.1. The van der Waals surface area contributed by atoms with Gasteiger partial charge in [-0.2, -0.15) is 0 Å². The summed E-state index contributed by atoms with van der Waals surface area (Å²) in [5.74, 6) is 0.00311. The number of nitrogens with one attached hydrogen (secondary N) is 1. The number of hydrogen-bond donors (Lipinski definition) is 3. The second-order valence-corrected chi connectivity index (χ2v) is 28.1. The van der Waals surface area contributed by atoms with E-state index in [2.05, 4.69) is 19.2 Å². The molecule has 0 aliphatic rings. The molecule has 1 amide bonds. The first-order chi connectivity index (χ1) is 42.5. The van der Waals surface area contributed by atoms with E-state index in [4.69, 9.17) is 4.74 Å². The summed E-state index contributed by atoms with van der Waals surface area (Å²) in [6.07, 6.45) is 95.0. The summed E-state index contributed by atoms with van der Waals surface area (Å²) in [7, 11) is 0. The van der Waals surface area contributed by atoms with Crippen LogP contribution in [0.3, 0.4) is 0 Å². The van der Waals surface area contributed by atoms with Gasteiger partial charge in [-0.25, -0.2) is 0 Å². The van der Waals surface area contributed by atoms with E-state index in [-0.39, 0.29) is 18.5 Å². The van der Waals surface area contributed by atoms with E-state index in [9.17, 15) is 19.8 Å². The molecule has 0 aromatic carbocycles. The summed E-state index contributed by atoms with van der Waals surface area (Å²) in [6.45, 7) is 5.01. The predicted molar refractivity (Wildman–Crippen MR) is 380 cm³/mol. The minimum Gasteiger partial charge on any atom is -0.466 e.